The molecule has 7 nitrogen and oxygen atoms in total. The van der Waals surface area contributed by atoms with E-state index in [4.69, 9.17) is 4.74 Å². The lowest BCUT2D eigenvalue weighted by Crippen LogP contribution is -2.38. The van der Waals surface area contributed by atoms with E-state index in [9.17, 15) is 4.79 Å². The second-order valence-electron chi connectivity index (χ2n) is 9.13. The summed E-state index contributed by atoms with van der Waals surface area (Å²) in [6, 6.07) is 18.2. The number of likely N-dealkylation sites (tertiary alicyclic amines) is 1. The number of nitrogens with one attached hydrogen (secondary N) is 2. The lowest BCUT2D eigenvalue weighted by molar-refractivity contribution is -0.134. The molecule has 35 heavy (non-hydrogen) atoms. The Bertz CT molecular complexity index is 1330. The Morgan fingerprint density at radius 2 is 1.94 bits per heavy atom. The maximum absolute atomic E-state index is 12.4. The summed E-state index contributed by atoms with van der Waals surface area (Å²) in [5.74, 6) is 2.22. The zero-order valence-corrected chi connectivity index (χ0v) is 20.3. The third-order valence-electron chi connectivity index (χ3n) is 6.48. The van der Waals surface area contributed by atoms with Crippen molar-refractivity contribution in [3.8, 4) is 17.0 Å². The number of hydrogen-bond donors (Lipinski definition) is 2. The number of H-pyrrole nitrogens is 1. The summed E-state index contributed by atoms with van der Waals surface area (Å²) in [4.78, 5) is 26.9. The highest BCUT2D eigenvalue weighted by Gasteiger charge is 2.17. The topological polar surface area (TPSA) is 83.1 Å². The minimum absolute atomic E-state index is 0.00983. The van der Waals surface area contributed by atoms with Gasteiger partial charge in [0, 0.05) is 36.4 Å². The van der Waals surface area contributed by atoms with Crippen molar-refractivity contribution in [1.29, 1.82) is 0 Å². The van der Waals surface area contributed by atoms with Gasteiger partial charge in [0.05, 0.1) is 11.7 Å². The summed E-state index contributed by atoms with van der Waals surface area (Å²) in [5.41, 5.74) is 4.04. The number of rotatable bonds is 7. The van der Waals surface area contributed by atoms with Gasteiger partial charge in [0.25, 0.3) is 5.91 Å². The van der Waals surface area contributed by atoms with Crippen LogP contribution in [0.25, 0.3) is 22.2 Å². The molecule has 5 rings (SSSR count). The molecular formula is C28H31N5O2. The van der Waals surface area contributed by atoms with E-state index in [1.54, 1.807) is 0 Å². The van der Waals surface area contributed by atoms with Crippen molar-refractivity contribution in [3.05, 3.63) is 72.2 Å². The molecule has 1 unspecified atom stereocenters. The Balaban J connectivity index is 1.27. The third kappa shape index (κ3) is 5.45. The standard InChI is InChI=1S/C28H31N5O2/c1-19(22-7-6-8-24(15-22)35-18-28(34)33-13-4-3-5-14-33)30-27-17-26(31-20(2)32-27)23-10-9-21-11-12-29-25(21)16-23/h6-12,15-17,19,29H,3-5,13-14,18H2,1-2H3,(H,30,31,32). The number of carbonyl (C=O) groups is 1. The number of ether oxygens (including phenoxy) is 1. The minimum atomic E-state index is -0.00983. The van der Waals surface area contributed by atoms with E-state index in [0.717, 1.165) is 54.1 Å². The lowest BCUT2D eigenvalue weighted by atomic mass is 10.1. The van der Waals surface area contributed by atoms with Crippen LogP contribution in [0, 0.1) is 6.92 Å². The number of aromatic amines is 1. The maximum Gasteiger partial charge on any atom is 0.260 e. The van der Waals surface area contributed by atoms with Crippen molar-refractivity contribution in [2.75, 3.05) is 25.0 Å². The molecule has 7 heteroatoms. The molecule has 2 aromatic heterocycles. The number of anilines is 1. The first-order valence-electron chi connectivity index (χ1n) is 12.3. The zero-order chi connectivity index (χ0) is 24.2. The number of benzene rings is 2. The van der Waals surface area contributed by atoms with Gasteiger partial charge in [-0.1, -0.05) is 24.3 Å². The summed E-state index contributed by atoms with van der Waals surface area (Å²) >= 11 is 0. The van der Waals surface area contributed by atoms with E-state index in [-0.39, 0.29) is 18.6 Å². The van der Waals surface area contributed by atoms with Crippen LogP contribution in [-0.4, -0.2) is 45.5 Å². The Morgan fingerprint density at radius 1 is 1.09 bits per heavy atom. The highest BCUT2D eigenvalue weighted by molar-refractivity contribution is 5.84. The van der Waals surface area contributed by atoms with Crippen molar-refractivity contribution in [1.82, 2.24) is 19.9 Å². The summed E-state index contributed by atoms with van der Waals surface area (Å²) in [6.07, 6.45) is 5.30. The number of amides is 1. The number of piperidine rings is 1. The van der Waals surface area contributed by atoms with Gasteiger partial charge in [0.2, 0.25) is 0 Å². The summed E-state index contributed by atoms with van der Waals surface area (Å²) in [6.45, 7) is 5.73. The fourth-order valence-electron chi connectivity index (χ4n) is 4.56. The predicted octanol–water partition coefficient (Wildman–Crippen LogP) is 5.50. The van der Waals surface area contributed by atoms with Crippen LogP contribution in [0.15, 0.2) is 60.8 Å². The number of fused-ring (bicyclic) bond motifs is 1. The molecule has 0 saturated carbocycles. The molecule has 0 bridgehead atoms. The van der Waals surface area contributed by atoms with Crippen LogP contribution >= 0.6 is 0 Å². The van der Waals surface area contributed by atoms with Gasteiger partial charge in [-0.15, -0.1) is 0 Å². The quantitative estimate of drug-likeness (QED) is 0.374. The van der Waals surface area contributed by atoms with E-state index in [1.807, 2.05) is 48.4 Å². The highest BCUT2D eigenvalue weighted by atomic mass is 16.5. The molecule has 180 valence electrons. The molecule has 1 aliphatic heterocycles. The molecule has 1 atom stereocenters. The first-order valence-corrected chi connectivity index (χ1v) is 12.3. The van der Waals surface area contributed by atoms with Gasteiger partial charge in [0.1, 0.15) is 17.4 Å². The molecule has 2 N–H and O–H groups in total. The maximum atomic E-state index is 12.4. The van der Waals surface area contributed by atoms with Crippen LogP contribution in [0.4, 0.5) is 5.82 Å². The van der Waals surface area contributed by atoms with E-state index >= 15 is 0 Å². The average Bonchev–Trinajstić information content (AvgIpc) is 3.36. The first kappa shape index (κ1) is 22.9. The van der Waals surface area contributed by atoms with E-state index in [1.165, 1.54) is 11.8 Å². The number of hydrogen-bond acceptors (Lipinski definition) is 5. The number of nitrogens with zero attached hydrogens (tertiary/aromatic N) is 3. The third-order valence-corrected chi connectivity index (χ3v) is 6.48. The Labute approximate surface area is 205 Å². The number of aromatic nitrogens is 3. The van der Waals surface area contributed by atoms with Gasteiger partial charge in [-0.3, -0.25) is 4.79 Å². The summed E-state index contributed by atoms with van der Waals surface area (Å²) < 4.78 is 5.84. The molecule has 1 fully saturated rings. The SMILES string of the molecule is Cc1nc(NC(C)c2cccc(OCC(=O)N3CCCCC3)c2)cc(-c2ccc3cc[nH]c3c2)n1. The van der Waals surface area contributed by atoms with Crippen LogP contribution in [0.1, 0.15) is 43.6 Å². The fourth-order valence-corrected chi connectivity index (χ4v) is 4.56. The first-order chi connectivity index (χ1) is 17.0. The van der Waals surface area contributed by atoms with Gasteiger partial charge < -0.3 is 19.9 Å². The molecule has 4 aromatic rings. The van der Waals surface area contributed by atoms with Crippen LogP contribution < -0.4 is 10.1 Å². The van der Waals surface area contributed by atoms with Crippen molar-refractivity contribution < 1.29 is 9.53 Å². The molecule has 1 aliphatic rings. The predicted molar refractivity (Wildman–Crippen MR) is 138 cm³/mol. The van der Waals surface area contributed by atoms with E-state index in [0.29, 0.717) is 11.6 Å². The second-order valence-corrected chi connectivity index (χ2v) is 9.13. The van der Waals surface area contributed by atoms with Crippen molar-refractivity contribution in [3.63, 3.8) is 0 Å². The Kier molecular flexibility index (Phi) is 6.66. The molecule has 1 saturated heterocycles. The van der Waals surface area contributed by atoms with Crippen molar-refractivity contribution >= 4 is 22.6 Å². The lowest BCUT2D eigenvalue weighted by Gasteiger charge is -2.26. The molecule has 0 spiro atoms. The van der Waals surface area contributed by atoms with Gasteiger partial charge in [-0.2, -0.15) is 0 Å². The van der Waals surface area contributed by atoms with Crippen LogP contribution in [0.2, 0.25) is 0 Å². The van der Waals surface area contributed by atoms with Crippen LogP contribution in [0.3, 0.4) is 0 Å². The van der Waals surface area contributed by atoms with Gasteiger partial charge >= 0.3 is 0 Å². The van der Waals surface area contributed by atoms with Crippen LogP contribution in [0.5, 0.6) is 5.75 Å². The van der Waals surface area contributed by atoms with Crippen molar-refractivity contribution in [2.45, 2.75) is 39.2 Å². The molecule has 0 aliphatic carbocycles. The molecule has 0 radical (unpaired) electrons. The van der Waals surface area contributed by atoms with E-state index < -0.39 is 0 Å². The van der Waals surface area contributed by atoms with E-state index in [2.05, 4.69) is 51.5 Å². The summed E-state index contributed by atoms with van der Waals surface area (Å²) in [7, 11) is 0. The normalized spacial score (nSPS) is 14.6. The minimum Gasteiger partial charge on any atom is -0.484 e. The molecule has 3 heterocycles. The monoisotopic (exact) mass is 469 g/mol. The number of carbonyl (C=O) groups excluding carboxylic acids is 1. The smallest absolute Gasteiger partial charge is 0.260 e. The summed E-state index contributed by atoms with van der Waals surface area (Å²) in [5, 5.41) is 4.67. The fraction of sp³-hybridized carbons (Fsp3) is 0.321. The zero-order valence-electron chi connectivity index (χ0n) is 20.3. The Hall–Kier alpha value is -3.87. The van der Waals surface area contributed by atoms with Gasteiger partial charge in [-0.05, 0) is 68.3 Å². The molecule has 1 amide bonds. The second kappa shape index (κ2) is 10.2. The molecule has 2 aromatic carbocycles. The largest absolute Gasteiger partial charge is 0.484 e. The van der Waals surface area contributed by atoms with Crippen molar-refractivity contribution in [2.24, 2.45) is 0 Å². The average molecular weight is 470 g/mol. The molecular weight excluding hydrogens is 438 g/mol. The van der Waals surface area contributed by atoms with Crippen LogP contribution in [-0.2, 0) is 4.79 Å². The highest BCUT2D eigenvalue weighted by Crippen LogP contribution is 2.27. The number of aryl methyl sites for hydroxylation is 1. The van der Waals surface area contributed by atoms with Gasteiger partial charge in [0.15, 0.2) is 6.61 Å². The van der Waals surface area contributed by atoms with Gasteiger partial charge in [-0.25, -0.2) is 9.97 Å². The Morgan fingerprint density at radius 3 is 2.80 bits per heavy atom.